The summed E-state index contributed by atoms with van der Waals surface area (Å²) in [6.07, 6.45) is 7.32. The number of aromatic nitrogens is 4. The Labute approximate surface area is 128 Å². The first-order valence-electron chi connectivity index (χ1n) is 7.27. The van der Waals surface area contributed by atoms with Crippen molar-refractivity contribution in [3.8, 4) is 22.5 Å². The molecule has 2 aromatic heterocycles. The standard InChI is InChI=1S/C18H16N4/c1-11-3-5-14-13(17(11)15-7-19-9-21-15)6-4-12(2)18(14)16-8-20-10-22-16/h3-10H,1-2H3,(H,19,21)(H,20,22). The maximum absolute atomic E-state index is 4.43. The number of nitrogens with one attached hydrogen (secondary N) is 2. The number of hydrogen-bond acceptors (Lipinski definition) is 2. The number of aryl methyl sites for hydroxylation is 2. The second-order valence-corrected chi connectivity index (χ2v) is 5.52. The van der Waals surface area contributed by atoms with Crippen molar-refractivity contribution in [3.05, 3.63) is 60.4 Å². The molecule has 0 spiro atoms. The van der Waals surface area contributed by atoms with Crippen LogP contribution in [0.2, 0.25) is 0 Å². The number of nitrogens with zero attached hydrogens (tertiary/aromatic N) is 2. The monoisotopic (exact) mass is 288 g/mol. The third kappa shape index (κ3) is 1.84. The minimum absolute atomic E-state index is 0.972. The van der Waals surface area contributed by atoms with E-state index in [2.05, 4.69) is 58.0 Å². The summed E-state index contributed by atoms with van der Waals surface area (Å²) in [5, 5.41) is 2.41. The first-order chi connectivity index (χ1) is 10.8. The van der Waals surface area contributed by atoms with Gasteiger partial charge >= 0.3 is 0 Å². The van der Waals surface area contributed by atoms with Crippen molar-refractivity contribution in [2.75, 3.05) is 0 Å². The highest BCUT2D eigenvalue weighted by molar-refractivity contribution is 6.05. The molecule has 0 fully saturated rings. The van der Waals surface area contributed by atoms with Gasteiger partial charge in [-0.05, 0) is 35.7 Å². The minimum Gasteiger partial charge on any atom is -0.351 e. The second-order valence-electron chi connectivity index (χ2n) is 5.52. The lowest BCUT2D eigenvalue weighted by Crippen LogP contribution is -1.91. The summed E-state index contributed by atoms with van der Waals surface area (Å²) in [5.74, 6) is 0. The molecule has 0 aliphatic carbocycles. The van der Waals surface area contributed by atoms with E-state index in [1.54, 1.807) is 12.7 Å². The van der Waals surface area contributed by atoms with Crippen LogP contribution in [0.1, 0.15) is 11.1 Å². The molecule has 0 saturated heterocycles. The van der Waals surface area contributed by atoms with Crippen LogP contribution in [0.3, 0.4) is 0 Å². The molecular formula is C18H16N4. The Kier molecular flexibility index (Phi) is 2.82. The fourth-order valence-corrected chi connectivity index (χ4v) is 3.10. The van der Waals surface area contributed by atoms with Crippen molar-refractivity contribution in [2.45, 2.75) is 13.8 Å². The second kappa shape index (κ2) is 4.84. The molecule has 2 aromatic carbocycles. The fraction of sp³-hybridized carbons (Fsp3) is 0.111. The molecule has 0 atom stereocenters. The number of benzene rings is 2. The van der Waals surface area contributed by atoms with E-state index in [0.29, 0.717) is 0 Å². The van der Waals surface area contributed by atoms with Crippen molar-refractivity contribution in [1.29, 1.82) is 0 Å². The van der Waals surface area contributed by atoms with Crippen LogP contribution in [0.25, 0.3) is 33.3 Å². The van der Waals surface area contributed by atoms with Crippen molar-refractivity contribution in [1.82, 2.24) is 19.9 Å². The molecule has 0 amide bonds. The quantitative estimate of drug-likeness (QED) is 0.579. The molecule has 2 heterocycles. The molecule has 0 aliphatic rings. The van der Waals surface area contributed by atoms with Gasteiger partial charge in [0.1, 0.15) is 0 Å². The average molecular weight is 288 g/mol. The largest absolute Gasteiger partial charge is 0.351 e. The van der Waals surface area contributed by atoms with Crippen molar-refractivity contribution < 1.29 is 0 Å². The van der Waals surface area contributed by atoms with Gasteiger partial charge in [0.2, 0.25) is 0 Å². The van der Waals surface area contributed by atoms with Gasteiger partial charge in [0.15, 0.2) is 0 Å². The Balaban J connectivity index is 2.12. The summed E-state index contributed by atoms with van der Waals surface area (Å²) in [5.41, 5.74) is 6.73. The summed E-state index contributed by atoms with van der Waals surface area (Å²) < 4.78 is 0. The summed E-state index contributed by atoms with van der Waals surface area (Å²) in [4.78, 5) is 15.0. The normalized spacial score (nSPS) is 11.2. The van der Waals surface area contributed by atoms with Crippen LogP contribution in [0, 0.1) is 13.8 Å². The van der Waals surface area contributed by atoms with E-state index >= 15 is 0 Å². The van der Waals surface area contributed by atoms with Crippen LogP contribution in [0.5, 0.6) is 0 Å². The molecule has 4 aromatic rings. The molecule has 0 bridgehead atoms. The number of hydrogen-bond donors (Lipinski definition) is 2. The predicted octanol–water partition coefficient (Wildman–Crippen LogP) is 4.24. The Morgan fingerprint density at radius 3 is 1.50 bits per heavy atom. The number of aromatic amines is 2. The van der Waals surface area contributed by atoms with Gasteiger partial charge in [-0.2, -0.15) is 0 Å². The lowest BCUT2D eigenvalue weighted by molar-refractivity contribution is 1.31. The third-order valence-electron chi connectivity index (χ3n) is 4.13. The van der Waals surface area contributed by atoms with E-state index in [-0.39, 0.29) is 0 Å². The van der Waals surface area contributed by atoms with Gasteiger partial charge in [-0.1, -0.05) is 24.3 Å². The van der Waals surface area contributed by atoms with E-state index < -0.39 is 0 Å². The average Bonchev–Trinajstić information content (AvgIpc) is 3.20. The molecule has 0 saturated carbocycles. The minimum atomic E-state index is 0.972. The van der Waals surface area contributed by atoms with Crippen molar-refractivity contribution in [3.63, 3.8) is 0 Å². The molecule has 0 radical (unpaired) electrons. The van der Waals surface area contributed by atoms with E-state index in [0.717, 1.165) is 11.4 Å². The Morgan fingerprint density at radius 2 is 1.14 bits per heavy atom. The molecular weight excluding hydrogens is 272 g/mol. The van der Waals surface area contributed by atoms with Crippen LogP contribution in [-0.4, -0.2) is 19.9 Å². The van der Waals surface area contributed by atoms with Crippen LogP contribution < -0.4 is 0 Å². The van der Waals surface area contributed by atoms with Gasteiger partial charge in [-0.25, -0.2) is 9.97 Å². The van der Waals surface area contributed by atoms with Gasteiger partial charge in [0, 0.05) is 23.5 Å². The number of imidazole rings is 2. The van der Waals surface area contributed by atoms with E-state index in [1.807, 2.05) is 12.4 Å². The Bertz CT molecular complexity index is 856. The first-order valence-corrected chi connectivity index (χ1v) is 7.27. The van der Waals surface area contributed by atoms with Gasteiger partial charge in [0.05, 0.1) is 24.0 Å². The van der Waals surface area contributed by atoms with Crippen molar-refractivity contribution in [2.24, 2.45) is 0 Å². The number of H-pyrrole nitrogens is 2. The Morgan fingerprint density at radius 1 is 0.682 bits per heavy atom. The molecule has 108 valence electrons. The molecule has 2 N–H and O–H groups in total. The highest BCUT2D eigenvalue weighted by Gasteiger charge is 2.14. The molecule has 0 unspecified atom stereocenters. The summed E-state index contributed by atoms with van der Waals surface area (Å²) in [6.45, 7) is 4.25. The van der Waals surface area contributed by atoms with Crippen LogP contribution in [0.15, 0.2) is 49.3 Å². The van der Waals surface area contributed by atoms with Gasteiger partial charge < -0.3 is 9.97 Å². The lowest BCUT2D eigenvalue weighted by Gasteiger charge is -2.13. The Hall–Kier alpha value is -2.88. The highest BCUT2D eigenvalue weighted by Crippen LogP contribution is 2.37. The predicted molar refractivity (Wildman–Crippen MR) is 88.6 cm³/mol. The SMILES string of the molecule is Cc1ccc2c(-c3c[nH]cn3)c(C)ccc2c1-c1c[nH]cn1. The van der Waals surface area contributed by atoms with Gasteiger partial charge in [0.25, 0.3) is 0 Å². The maximum Gasteiger partial charge on any atom is 0.0927 e. The number of rotatable bonds is 2. The van der Waals surface area contributed by atoms with Gasteiger partial charge in [-0.3, -0.25) is 0 Å². The van der Waals surface area contributed by atoms with Crippen LogP contribution in [0.4, 0.5) is 0 Å². The van der Waals surface area contributed by atoms with Crippen LogP contribution in [-0.2, 0) is 0 Å². The molecule has 4 heteroatoms. The molecule has 4 rings (SSSR count). The zero-order valence-electron chi connectivity index (χ0n) is 12.5. The molecule has 22 heavy (non-hydrogen) atoms. The molecule has 4 nitrogen and oxygen atoms in total. The summed E-state index contributed by atoms with van der Waals surface area (Å²) >= 11 is 0. The van der Waals surface area contributed by atoms with Crippen molar-refractivity contribution >= 4 is 10.8 Å². The van der Waals surface area contributed by atoms with Gasteiger partial charge in [-0.15, -0.1) is 0 Å². The fourth-order valence-electron chi connectivity index (χ4n) is 3.10. The van der Waals surface area contributed by atoms with E-state index in [1.165, 1.54) is 33.0 Å². The lowest BCUT2D eigenvalue weighted by atomic mass is 9.91. The first kappa shape index (κ1) is 12.8. The number of fused-ring (bicyclic) bond motifs is 1. The summed E-state index contributed by atoms with van der Waals surface area (Å²) in [7, 11) is 0. The van der Waals surface area contributed by atoms with Crippen LogP contribution >= 0.6 is 0 Å². The summed E-state index contributed by atoms with van der Waals surface area (Å²) in [6, 6.07) is 8.67. The highest BCUT2D eigenvalue weighted by atomic mass is 14.9. The maximum atomic E-state index is 4.43. The van der Waals surface area contributed by atoms with E-state index in [9.17, 15) is 0 Å². The van der Waals surface area contributed by atoms with E-state index in [4.69, 9.17) is 0 Å². The zero-order chi connectivity index (χ0) is 15.1. The smallest absolute Gasteiger partial charge is 0.0927 e. The third-order valence-corrected chi connectivity index (χ3v) is 4.13. The topological polar surface area (TPSA) is 57.4 Å². The zero-order valence-corrected chi connectivity index (χ0v) is 12.5. The molecule has 0 aliphatic heterocycles.